The minimum Gasteiger partial charge on any atom is -0.385 e. The quantitative estimate of drug-likeness (QED) is 0.853. The summed E-state index contributed by atoms with van der Waals surface area (Å²) in [6, 6.07) is 9.87. The zero-order chi connectivity index (χ0) is 13.0. The molecule has 0 fully saturated rings. The fourth-order valence-corrected chi connectivity index (χ4v) is 2.27. The van der Waals surface area contributed by atoms with Gasteiger partial charge in [0, 0.05) is 18.3 Å². The van der Waals surface area contributed by atoms with Gasteiger partial charge in [-0.25, -0.2) is 0 Å². The van der Waals surface area contributed by atoms with Gasteiger partial charge < -0.3 is 10.6 Å². The Kier molecular flexibility index (Phi) is 3.83. The molecule has 1 aliphatic heterocycles. The molecule has 0 radical (unpaired) electrons. The lowest BCUT2D eigenvalue weighted by Gasteiger charge is -2.26. The van der Waals surface area contributed by atoms with Crippen LogP contribution in [0.2, 0.25) is 0 Å². The van der Waals surface area contributed by atoms with Gasteiger partial charge in [-0.2, -0.15) is 5.26 Å². The lowest BCUT2D eigenvalue weighted by Crippen LogP contribution is -2.38. The summed E-state index contributed by atoms with van der Waals surface area (Å²) >= 11 is 0. The molecule has 0 aliphatic carbocycles. The van der Waals surface area contributed by atoms with Crippen LogP contribution in [0.4, 0.5) is 5.69 Å². The molecule has 1 heterocycles. The van der Waals surface area contributed by atoms with Crippen molar-refractivity contribution in [2.45, 2.75) is 31.7 Å². The molecule has 4 heteroatoms. The number of carbonyl (C=O) groups is 1. The predicted molar refractivity (Wildman–Crippen MR) is 70.1 cm³/mol. The van der Waals surface area contributed by atoms with E-state index in [4.69, 9.17) is 5.26 Å². The number of rotatable bonds is 3. The minimum atomic E-state index is -0.108. The first-order valence-electron chi connectivity index (χ1n) is 6.22. The average molecular weight is 243 g/mol. The first-order chi connectivity index (χ1) is 8.72. The summed E-state index contributed by atoms with van der Waals surface area (Å²) in [6.45, 7) is 2.66. The van der Waals surface area contributed by atoms with E-state index in [0.29, 0.717) is 6.42 Å². The van der Waals surface area contributed by atoms with Crippen LogP contribution in [0.25, 0.3) is 0 Å². The van der Waals surface area contributed by atoms with Gasteiger partial charge in [-0.3, -0.25) is 4.79 Å². The van der Waals surface area contributed by atoms with E-state index in [-0.39, 0.29) is 17.9 Å². The minimum absolute atomic E-state index is 0.0201. The van der Waals surface area contributed by atoms with Gasteiger partial charge in [-0.1, -0.05) is 18.2 Å². The number of nitrogens with zero attached hydrogens (tertiary/aromatic N) is 1. The number of nitrogens with one attached hydrogen (secondary N) is 2. The van der Waals surface area contributed by atoms with Crippen LogP contribution in [-0.2, 0) is 4.79 Å². The lowest BCUT2D eigenvalue weighted by atomic mass is 9.90. The van der Waals surface area contributed by atoms with Crippen LogP contribution in [0.3, 0.4) is 0 Å². The summed E-state index contributed by atoms with van der Waals surface area (Å²) in [5.41, 5.74) is 2.09. The van der Waals surface area contributed by atoms with Gasteiger partial charge in [0.05, 0.1) is 18.4 Å². The van der Waals surface area contributed by atoms with E-state index in [2.05, 4.69) is 16.7 Å². The van der Waals surface area contributed by atoms with Gasteiger partial charge in [0.1, 0.15) is 0 Å². The number of carbonyl (C=O) groups excluding carboxylic acids is 1. The third kappa shape index (κ3) is 2.62. The molecule has 0 spiro atoms. The van der Waals surface area contributed by atoms with Gasteiger partial charge in [0.2, 0.25) is 5.91 Å². The van der Waals surface area contributed by atoms with Crippen LogP contribution < -0.4 is 10.6 Å². The predicted octanol–water partition coefficient (Wildman–Crippen LogP) is 2.00. The SMILES string of the molecule is CC(CC#N)NC(=O)C1CCNc2ccccc21. The van der Waals surface area contributed by atoms with Crippen molar-refractivity contribution in [3.8, 4) is 6.07 Å². The molecule has 0 aromatic heterocycles. The third-order valence-corrected chi connectivity index (χ3v) is 3.19. The average Bonchev–Trinajstić information content (AvgIpc) is 2.38. The molecular weight excluding hydrogens is 226 g/mol. The number of para-hydroxylation sites is 1. The Balaban J connectivity index is 2.11. The van der Waals surface area contributed by atoms with Crippen LogP contribution in [-0.4, -0.2) is 18.5 Å². The molecule has 0 saturated carbocycles. The maximum atomic E-state index is 12.2. The molecule has 4 nitrogen and oxygen atoms in total. The number of nitriles is 1. The van der Waals surface area contributed by atoms with Gasteiger partial charge >= 0.3 is 0 Å². The molecule has 2 atom stereocenters. The van der Waals surface area contributed by atoms with E-state index < -0.39 is 0 Å². The largest absolute Gasteiger partial charge is 0.385 e. The summed E-state index contributed by atoms with van der Waals surface area (Å²) in [5.74, 6) is -0.0877. The fourth-order valence-electron chi connectivity index (χ4n) is 2.27. The Labute approximate surface area is 107 Å². The first kappa shape index (κ1) is 12.4. The summed E-state index contributed by atoms with van der Waals surface area (Å²) < 4.78 is 0. The normalized spacial score (nSPS) is 19.0. The number of fused-ring (bicyclic) bond motifs is 1. The van der Waals surface area contributed by atoms with E-state index in [1.807, 2.05) is 31.2 Å². The second kappa shape index (κ2) is 5.54. The van der Waals surface area contributed by atoms with Crippen LogP contribution in [0.15, 0.2) is 24.3 Å². The Morgan fingerprint density at radius 2 is 2.39 bits per heavy atom. The highest BCUT2D eigenvalue weighted by atomic mass is 16.1. The van der Waals surface area contributed by atoms with E-state index in [9.17, 15) is 4.79 Å². The zero-order valence-electron chi connectivity index (χ0n) is 10.4. The van der Waals surface area contributed by atoms with Crippen molar-refractivity contribution >= 4 is 11.6 Å². The maximum Gasteiger partial charge on any atom is 0.227 e. The van der Waals surface area contributed by atoms with Gasteiger partial charge in [0.15, 0.2) is 0 Å². The molecule has 18 heavy (non-hydrogen) atoms. The molecule has 94 valence electrons. The molecule has 2 unspecified atom stereocenters. The van der Waals surface area contributed by atoms with Crippen molar-refractivity contribution in [2.24, 2.45) is 0 Å². The molecule has 1 amide bonds. The smallest absolute Gasteiger partial charge is 0.227 e. The van der Waals surface area contributed by atoms with Crippen molar-refractivity contribution in [2.75, 3.05) is 11.9 Å². The fraction of sp³-hybridized carbons (Fsp3) is 0.429. The van der Waals surface area contributed by atoms with Crippen molar-refractivity contribution in [3.05, 3.63) is 29.8 Å². The summed E-state index contributed by atoms with van der Waals surface area (Å²) in [5, 5.41) is 14.8. The van der Waals surface area contributed by atoms with Crippen molar-refractivity contribution < 1.29 is 4.79 Å². The molecule has 0 bridgehead atoms. The van der Waals surface area contributed by atoms with Gasteiger partial charge in [-0.15, -0.1) is 0 Å². The molecule has 2 N–H and O–H groups in total. The first-order valence-corrected chi connectivity index (χ1v) is 6.22. The van der Waals surface area contributed by atoms with Crippen LogP contribution in [0.1, 0.15) is 31.2 Å². The Bertz CT molecular complexity index is 478. The number of anilines is 1. The van der Waals surface area contributed by atoms with Crippen molar-refractivity contribution in [3.63, 3.8) is 0 Å². The summed E-state index contributed by atoms with van der Waals surface area (Å²) in [7, 11) is 0. The van der Waals surface area contributed by atoms with Crippen LogP contribution in [0.5, 0.6) is 0 Å². The Morgan fingerprint density at radius 1 is 1.61 bits per heavy atom. The molecule has 1 aliphatic rings. The molecule has 1 aromatic carbocycles. The zero-order valence-corrected chi connectivity index (χ0v) is 10.4. The van der Waals surface area contributed by atoms with Gasteiger partial charge in [0.25, 0.3) is 0 Å². The summed E-state index contributed by atoms with van der Waals surface area (Å²) in [6.07, 6.45) is 1.14. The van der Waals surface area contributed by atoms with Crippen molar-refractivity contribution in [1.82, 2.24) is 5.32 Å². The third-order valence-electron chi connectivity index (χ3n) is 3.19. The number of benzene rings is 1. The highest BCUT2D eigenvalue weighted by Gasteiger charge is 2.26. The van der Waals surface area contributed by atoms with Crippen molar-refractivity contribution in [1.29, 1.82) is 5.26 Å². The highest BCUT2D eigenvalue weighted by molar-refractivity contribution is 5.86. The second-order valence-electron chi connectivity index (χ2n) is 4.63. The number of hydrogen-bond acceptors (Lipinski definition) is 3. The number of hydrogen-bond donors (Lipinski definition) is 2. The maximum absolute atomic E-state index is 12.2. The monoisotopic (exact) mass is 243 g/mol. The van der Waals surface area contributed by atoms with Crippen LogP contribution in [0, 0.1) is 11.3 Å². The molecule has 0 saturated heterocycles. The topological polar surface area (TPSA) is 64.9 Å². The second-order valence-corrected chi connectivity index (χ2v) is 4.63. The Morgan fingerprint density at radius 3 is 3.17 bits per heavy atom. The lowest BCUT2D eigenvalue weighted by molar-refractivity contribution is -0.123. The van der Waals surface area contributed by atoms with E-state index >= 15 is 0 Å². The van der Waals surface area contributed by atoms with Crippen LogP contribution >= 0.6 is 0 Å². The molecular formula is C14H17N3O. The summed E-state index contributed by atoms with van der Waals surface area (Å²) in [4.78, 5) is 12.2. The van der Waals surface area contributed by atoms with E-state index in [0.717, 1.165) is 24.2 Å². The molecule has 2 rings (SSSR count). The Hall–Kier alpha value is -2.02. The van der Waals surface area contributed by atoms with E-state index in [1.54, 1.807) is 0 Å². The molecule has 1 aromatic rings. The standard InChI is InChI=1S/C14H17N3O/c1-10(6-8-15)17-14(18)12-7-9-16-13-5-3-2-4-11(12)13/h2-5,10,12,16H,6-7,9H2,1H3,(H,17,18). The highest BCUT2D eigenvalue weighted by Crippen LogP contribution is 2.31. The van der Waals surface area contributed by atoms with E-state index in [1.165, 1.54) is 0 Å². The number of amides is 1. The van der Waals surface area contributed by atoms with Gasteiger partial charge in [-0.05, 0) is 25.0 Å².